The highest BCUT2D eigenvalue weighted by atomic mass is 16.7. The first-order valence-electron chi connectivity index (χ1n) is 13.4. The summed E-state index contributed by atoms with van der Waals surface area (Å²) in [5, 5.41) is 4.45. The average Bonchev–Trinajstić information content (AvgIpc) is 3.30. The second-order valence-corrected chi connectivity index (χ2v) is 12.9. The number of nitrogens with zero attached hydrogens (tertiary/aromatic N) is 2. The molecule has 182 valence electrons. The van der Waals surface area contributed by atoms with Crippen molar-refractivity contribution in [3.8, 4) is 0 Å². The Labute approximate surface area is 199 Å². The molecule has 0 unspecified atom stereocenters. The van der Waals surface area contributed by atoms with Crippen molar-refractivity contribution in [1.82, 2.24) is 0 Å². The van der Waals surface area contributed by atoms with Crippen molar-refractivity contribution in [3.05, 3.63) is 11.6 Å². The van der Waals surface area contributed by atoms with Crippen LogP contribution in [0.2, 0.25) is 0 Å². The van der Waals surface area contributed by atoms with Gasteiger partial charge in [0.05, 0.1) is 26.4 Å². The highest BCUT2D eigenvalue weighted by Crippen LogP contribution is 2.66. The lowest BCUT2D eigenvalue weighted by atomic mass is 9.46. The lowest BCUT2D eigenvalue weighted by Gasteiger charge is -2.58. The van der Waals surface area contributed by atoms with E-state index in [0.29, 0.717) is 28.0 Å². The zero-order valence-electron chi connectivity index (χ0n) is 21.4. The number of likely N-dealkylation sites (N-methyl/N-ethyl adjacent to an activating group) is 1. The molecule has 7 atom stereocenters. The predicted molar refractivity (Wildman–Crippen MR) is 129 cm³/mol. The highest BCUT2D eigenvalue weighted by Gasteiger charge is 2.59. The minimum absolute atomic E-state index is 0.0866. The number of hydrogen-bond donors (Lipinski definition) is 0. The lowest BCUT2D eigenvalue weighted by molar-refractivity contribution is -0.893. The first-order valence-corrected chi connectivity index (χ1v) is 13.4. The summed E-state index contributed by atoms with van der Waals surface area (Å²) in [7, 11) is 4.23. The molecule has 0 aromatic heterocycles. The van der Waals surface area contributed by atoms with E-state index in [9.17, 15) is 9.59 Å². The fraction of sp³-hybridized carbons (Fsp3) is 0.821. The molecule has 0 amide bonds. The van der Waals surface area contributed by atoms with Crippen LogP contribution in [0.3, 0.4) is 0 Å². The molecule has 0 aromatic carbocycles. The van der Waals surface area contributed by atoms with Crippen LogP contribution in [0.4, 0.5) is 0 Å². The molecular weight excluding hydrogens is 412 g/mol. The number of carbonyl (C=O) groups excluding carboxylic acids is 2. The Hall–Kier alpha value is -1.49. The average molecular weight is 456 g/mol. The molecule has 5 aliphatic rings. The molecule has 0 N–H and O–H groups in total. The molecule has 0 bridgehead atoms. The fourth-order valence-corrected chi connectivity index (χ4v) is 9.09. The molecule has 33 heavy (non-hydrogen) atoms. The largest absolute Gasteiger partial charge is 0.391 e. The first kappa shape index (κ1) is 23.3. The highest BCUT2D eigenvalue weighted by molar-refractivity contribution is 5.91. The molecule has 4 fully saturated rings. The molecule has 3 saturated carbocycles. The number of fused-ring (bicyclic) bond motifs is 5. The molecule has 5 rings (SSSR count). The van der Waals surface area contributed by atoms with Crippen molar-refractivity contribution in [2.75, 3.05) is 20.6 Å². The number of oxime groups is 1. The summed E-state index contributed by atoms with van der Waals surface area (Å²) in [5.41, 5.74) is 2.92. The smallest absolute Gasteiger partial charge is 0.317 e. The maximum Gasteiger partial charge on any atom is 0.391 e. The van der Waals surface area contributed by atoms with Crippen LogP contribution in [-0.4, -0.2) is 48.6 Å². The number of allylic oxidation sites excluding steroid dienone is 1. The molecule has 0 aromatic rings. The van der Waals surface area contributed by atoms with Crippen LogP contribution in [0.25, 0.3) is 0 Å². The summed E-state index contributed by atoms with van der Waals surface area (Å²) in [6.07, 6.45) is 12.9. The lowest BCUT2D eigenvalue weighted by Crippen LogP contribution is -2.51. The van der Waals surface area contributed by atoms with Gasteiger partial charge >= 0.3 is 5.97 Å². The van der Waals surface area contributed by atoms with Gasteiger partial charge < -0.3 is 9.32 Å². The molecule has 5 heteroatoms. The van der Waals surface area contributed by atoms with Gasteiger partial charge in [-0.2, -0.15) is 0 Å². The normalized spacial score (nSPS) is 44.5. The molecule has 1 heterocycles. The van der Waals surface area contributed by atoms with Gasteiger partial charge in [0.2, 0.25) is 0 Å². The Balaban J connectivity index is 1.31. The van der Waals surface area contributed by atoms with E-state index >= 15 is 0 Å². The predicted octanol–water partition coefficient (Wildman–Crippen LogP) is 5.29. The molecule has 4 aliphatic carbocycles. The number of rotatable bonds is 3. The van der Waals surface area contributed by atoms with Crippen LogP contribution in [0, 0.1) is 34.5 Å². The number of likely N-dealkylation sites (tertiary alicyclic amines) is 1. The maximum atomic E-state index is 12.7. The van der Waals surface area contributed by atoms with Crippen molar-refractivity contribution in [2.45, 2.75) is 91.0 Å². The summed E-state index contributed by atoms with van der Waals surface area (Å²) in [4.78, 5) is 30.4. The third-order valence-corrected chi connectivity index (χ3v) is 11.1. The van der Waals surface area contributed by atoms with Crippen LogP contribution in [0.1, 0.15) is 85.0 Å². The summed E-state index contributed by atoms with van der Waals surface area (Å²) >= 11 is 0. The Kier molecular flexibility index (Phi) is 5.66. The van der Waals surface area contributed by atoms with Crippen molar-refractivity contribution in [1.29, 1.82) is 0 Å². The van der Waals surface area contributed by atoms with E-state index in [1.165, 1.54) is 31.3 Å². The number of ketones is 1. The Morgan fingerprint density at radius 3 is 2.58 bits per heavy atom. The molecule has 0 spiro atoms. The minimum Gasteiger partial charge on any atom is -0.317 e. The summed E-state index contributed by atoms with van der Waals surface area (Å²) in [5.74, 6) is 2.75. The van der Waals surface area contributed by atoms with E-state index in [4.69, 9.17) is 4.84 Å². The van der Waals surface area contributed by atoms with Crippen molar-refractivity contribution in [2.24, 2.45) is 39.7 Å². The Bertz CT molecular complexity index is 905. The van der Waals surface area contributed by atoms with E-state index < -0.39 is 0 Å². The van der Waals surface area contributed by atoms with Crippen molar-refractivity contribution < 1.29 is 18.9 Å². The topological polar surface area (TPSA) is 55.7 Å². The van der Waals surface area contributed by atoms with E-state index in [0.717, 1.165) is 56.7 Å². The van der Waals surface area contributed by atoms with Gasteiger partial charge in [-0.05, 0) is 86.5 Å². The second kappa shape index (κ2) is 8.03. The van der Waals surface area contributed by atoms with Crippen molar-refractivity contribution >= 4 is 17.5 Å². The van der Waals surface area contributed by atoms with Gasteiger partial charge in [0.25, 0.3) is 0 Å². The molecule has 5 nitrogen and oxygen atoms in total. The Morgan fingerprint density at radius 2 is 1.85 bits per heavy atom. The van der Waals surface area contributed by atoms with Crippen LogP contribution >= 0.6 is 0 Å². The van der Waals surface area contributed by atoms with Gasteiger partial charge in [-0.1, -0.05) is 24.6 Å². The SMILES string of the molecule is C/C(=N\OC(=O)[C@@H]1CCC[N+]1(C)C)[C@H]1CC[C@H]2[C@@H]3CCC4=CC(=O)CC[C@]4(C)[C@H]3CC[C@]12C. The van der Waals surface area contributed by atoms with Crippen LogP contribution in [0.15, 0.2) is 16.8 Å². The number of quaternary nitrogens is 1. The minimum atomic E-state index is -0.161. The van der Waals surface area contributed by atoms with Crippen LogP contribution in [-0.2, 0) is 14.4 Å². The summed E-state index contributed by atoms with van der Waals surface area (Å²) in [6, 6.07) is -0.0866. The summed E-state index contributed by atoms with van der Waals surface area (Å²) < 4.78 is 0.709. The first-order chi connectivity index (χ1) is 15.6. The van der Waals surface area contributed by atoms with E-state index in [2.05, 4.69) is 40.0 Å². The molecular formula is C28H43N2O3+. The Morgan fingerprint density at radius 1 is 1.06 bits per heavy atom. The standard InChI is InChI=1S/C28H43N2O3/c1-18(29-33-26(32)25-7-6-16-30(25,4)5)22-10-11-23-21-9-8-19-17-20(31)12-14-27(19,2)24(21)13-15-28(22,23)3/h17,21-25H,6-16H2,1-5H3/q+1/b29-18+/t21-,22+,23-,24-,25-,27-,28+/m0/s1. The third-order valence-electron chi connectivity index (χ3n) is 11.1. The van der Waals surface area contributed by atoms with Gasteiger partial charge in [-0.3, -0.25) is 4.79 Å². The molecule has 1 aliphatic heterocycles. The van der Waals surface area contributed by atoms with Crippen molar-refractivity contribution in [3.63, 3.8) is 0 Å². The molecule has 1 saturated heterocycles. The maximum absolute atomic E-state index is 12.7. The van der Waals surface area contributed by atoms with Gasteiger partial charge in [0.1, 0.15) is 0 Å². The number of carbonyl (C=O) groups is 2. The monoisotopic (exact) mass is 455 g/mol. The summed E-state index contributed by atoms with van der Waals surface area (Å²) in [6.45, 7) is 8.05. The van der Waals surface area contributed by atoms with Crippen LogP contribution < -0.4 is 0 Å². The van der Waals surface area contributed by atoms with Gasteiger partial charge in [-0.25, -0.2) is 4.79 Å². The number of hydrogen-bond acceptors (Lipinski definition) is 4. The van der Waals surface area contributed by atoms with Gasteiger partial charge in [0, 0.05) is 25.2 Å². The van der Waals surface area contributed by atoms with Gasteiger partial charge in [0.15, 0.2) is 11.8 Å². The fourth-order valence-electron chi connectivity index (χ4n) is 9.09. The molecule has 0 radical (unpaired) electrons. The zero-order chi connectivity index (χ0) is 23.6. The third kappa shape index (κ3) is 3.64. The van der Waals surface area contributed by atoms with E-state index in [1.807, 2.05) is 6.08 Å². The van der Waals surface area contributed by atoms with Crippen LogP contribution in [0.5, 0.6) is 0 Å². The van der Waals surface area contributed by atoms with E-state index in [-0.39, 0.29) is 22.8 Å². The zero-order valence-corrected chi connectivity index (χ0v) is 21.4. The van der Waals surface area contributed by atoms with E-state index in [1.54, 1.807) is 0 Å². The quantitative estimate of drug-likeness (QED) is 0.251. The second-order valence-electron chi connectivity index (χ2n) is 12.9. The van der Waals surface area contributed by atoms with Gasteiger partial charge in [-0.15, -0.1) is 0 Å².